The lowest BCUT2D eigenvalue weighted by Gasteiger charge is -2.34. The average Bonchev–Trinajstić information content (AvgIpc) is 3.00. The van der Waals surface area contributed by atoms with Gasteiger partial charge in [-0.2, -0.15) is 0 Å². The summed E-state index contributed by atoms with van der Waals surface area (Å²) in [6.07, 6.45) is 1.18. The van der Waals surface area contributed by atoms with Crippen LogP contribution in [0.5, 0.6) is 0 Å². The number of carbonyl (C=O) groups is 1. The Kier molecular flexibility index (Phi) is 5.46. The molecule has 7 heteroatoms. The Balaban J connectivity index is 1.58. The molecular weight excluding hydrogens is 346 g/mol. The van der Waals surface area contributed by atoms with E-state index in [1.165, 1.54) is 18.2 Å². The fourth-order valence-electron chi connectivity index (χ4n) is 3.09. The first-order chi connectivity index (χ1) is 11.5. The first-order valence-electron chi connectivity index (χ1n) is 8.01. The first-order valence-corrected chi connectivity index (χ1v) is 9.37. The van der Waals surface area contributed by atoms with Crippen molar-refractivity contribution in [2.75, 3.05) is 18.8 Å². The number of thioether (sulfide) groups is 1. The minimum atomic E-state index is 0.126. The molecule has 2 atom stereocenters. The number of aromatic nitrogens is 2. The van der Waals surface area contributed by atoms with Crippen LogP contribution in [0.2, 0.25) is 5.02 Å². The summed E-state index contributed by atoms with van der Waals surface area (Å²) < 4.78 is 5.62. The summed E-state index contributed by atoms with van der Waals surface area (Å²) in [5.74, 6) is 1.96. The SMILES string of the molecule is CC1CC(C)CN(C(=O)CSc2nnc(-c3cccc(Cl)c3)o2)C1. The molecule has 1 aromatic carbocycles. The Morgan fingerprint density at radius 3 is 2.79 bits per heavy atom. The van der Waals surface area contributed by atoms with Gasteiger partial charge in [-0.1, -0.05) is 43.3 Å². The monoisotopic (exact) mass is 365 g/mol. The second kappa shape index (κ2) is 7.57. The van der Waals surface area contributed by atoms with Crippen LogP contribution >= 0.6 is 23.4 Å². The second-order valence-corrected chi connectivity index (χ2v) is 7.78. The molecule has 0 spiro atoms. The Labute approximate surface area is 150 Å². The Morgan fingerprint density at radius 2 is 2.08 bits per heavy atom. The lowest BCUT2D eigenvalue weighted by Crippen LogP contribution is -2.43. The van der Waals surface area contributed by atoms with Crippen LogP contribution in [0.3, 0.4) is 0 Å². The van der Waals surface area contributed by atoms with Crippen LogP contribution < -0.4 is 0 Å². The van der Waals surface area contributed by atoms with E-state index in [-0.39, 0.29) is 5.91 Å². The smallest absolute Gasteiger partial charge is 0.277 e. The highest BCUT2D eigenvalue weighted by Crippen LogP contribution is 2.26. The summed E-state index contributed by atoms with van der Waals surface area (Å²) in [5.41, 5.74) is 0.770. The number of likely N-dealkylation sites (tertiary alicyclic amines) is 1. The van der Waals surface area contributed by atoms with Gasteiger partial charge >= 0.3 is 0 Å². The number of carbonyl (C=O) groups excluding carboxylic acids is 1. The van der Waals surface area contributed by atoms with Crippen molar-refractivity contribution in [2.45, 2.75) is 25.5 Å². The number of amides is 1. The van der Waals surface area contributed by atoms with Crippen LogP contribution in [-0.2, 0) is 4.79 Å². The minimum Gasteiger partial charge on any atom is -0.411 e. The van der Waals surface area contributed by atoms with Gasteiger partial charge in [0, 0.05) is 23.7 Å². The highest BCUT2D eigenvalue weighted by Gasteiger charge is 2.25. The van der Waals surface area contributed by atoms with Gasteiger partial charge in [0.1, 0.15) is 0 Å². The zero-order valence-corrected chi connectivity index (χ0v) is 15.3. The molecule has 0 saturated carbocycles. The molecule has 128 valence electrons. The maximum Gasteiger partial charge on any atom is 0.277 e. The van der Waals surface area contributed by atoms with Gasteiger partial charge in [-0.3, -0.25) is 4.79 Å². The summed E-state index contributed by atoms with van der Waals surface area (Å²) in [6.45, 7) is 6.05. The van der Waals surface area contributed by atoms with Crippen molar-refractivity contribution in [3.63, 3.8) is 0 Å². The number of nitrogens with zero attached hydrogens (tertiary/aromatic N) is 3. The normalized spacial score (nSPS) is 21.0. The Morgan fingerprint density at radius 1 is 1.33 bits per heavy atom. The molecule has 0 aliphatic carbocycles. The lowest BCUT2D eigenvalue weighted by molar-refractivity contribution is -0.130. The van der Waals surface area contributed by atoms with Crippen molar-refractivity contribution in [2.24, 2.45) is 11.8 Å². The predicted molar refractivity (Wildman–Crippen MR) is 95.0 cm³/mol. The van der Waals surface area contributed by atoms with Gasteiger partial charge in [0.25, 0.3) is 5.22 Å². The van der Waals surface area contributed by atoms with Gasteiger partial charge in [0.05, 0.1) is 5.75 Å². The van der Waals surface area contributed by atoms with Gasteiger partial charge < -0.3 is 9.32 Å². The molecule has 5 nitrogen and oxygen atoms in total. The van der Waals surface area contributed by atoms with Crippen molar-refractivity contribution in [1.29, 1.82) is 0 Å². The molecule has 1 aliphatic rings. The van der Waals surface area contributed by atoms with Gasteiger partial charge in [-0.05, 0) is 36.5 Å². The van der Waals surface area contributed by atoms with E-state index in [4.69, 9.17) is 16.0 Å². The third-order valence-electron chi connectivity index (χ3n) is 4.02. The summed E-state index contributed by atoms with van der Waals surface area (Å²) in [4.78, 5) is 14.3. The third-order valence-corrected chi connectivity index (χ3v) is 5.06. The van der Waals surface area contributed by atoms with Gasteiger partial charge in [-0.25, -0.2) is 0 Å². The van der Waals surface area contributed by atoms with Crippen LogP contribution in [-0.4, -0.2) is 39.8 Å². The molecule has 1 aliphatic heterocycles. The van der Waals surface area contributed by atoms with Crippen molar-refractivity contribution >= 4 is 29.3 Å². The molecule has 1 amide bonds. The Bertz CT molecular complexity index is 711. The molecule has 24 heavy (non-hydrogen) atoms. The van der Waals surface area contributed by atoms with Crippen LogP contribution in [0.15, 0.2) is 33.9 Å². The van der Waals surface area contributed by atoms with Gasteiger partial charge in [0.2, 0.25) is 11.8 Å². The fourth-order valence-corrected chi connectivity index (χ4v) is 3.94. The molecule has 1 saturated heterocycles. The molecule has 2 unspecified atom stereocenters. The van der Waals surface area contributed by atoms with Crippen LogP contribution in [0, 0.1) is 11.8 Å². The molecule has 0 radical (unpaired) electrons. The minimum absolute atomic E-state index is 0.126. The second-order valence-electron chi connectivity index (χ2n) is 6.42. The van der Waals surface area contributed by atoms with Crippen LogP contribution in [0.25, 0.3) is 11.5 Å². The van der Waals surface area contributed by atoms with E-state index in [2.05, 4.69) is 24.0 Å². The molecule has 2 aromatic rings. The largest absolute Gasteiger partial charge is 0.411 e. The maximum absolute atomic E-state index is 12.4. The number of halogens is 1. The lowest BCUT2D eigenvalue weighted by atomic mass is 9.92. The van der Waals surface area contributed by atoms with E-state index >= 15 is 0 Å². The molecule has 0 bridgehead atoms. The summed E-state index contributed by atoms with van der Waals surface area (Å²) in [5, 5.41) is 9.04. The standard InChI is InChI=1S/C17H20ClN3O2S/c1-11-6-12(2)9-21(8-11)15(22)10-24-17-20-19-16(23-17)13-4-3-5-14(18)7-13/h3-5,7,11-12H,6,8-10H2,1-2H3. The van der Waals surface area contributed by atoms with E-state index in [1.54, 1.807) is 12.1 Å². The highest BCUT2D eigenvalue weighted by atomic mass is 35.5. The summed E-state index contributed by atoms with van der Waals surface area (Å²) in [6, 6.07) is 7.24. The molecule has 0 N–H and O–H groups in total. The number of hydrogen-bond acceptors (Lipinski definition) is 5. The first kappa shape index (κ1) is 17.3. The predicted octanol–water partition coefficient (Wildman–Crippen LogP) is 3.99. The molecule has 3 rings (SSSR count). The number of piperidine rings is 1. The number of benzene rings is 1. The van der Waals surface area contributed by atoms with E-state index in [0.29, 0.717) is 33.7 Å². The van der Waals surface area contributed by atoms with Crippen LogP contribution in [0.1, 0.15) is 20.3 Å². The van der Waals surface area contributed by atoms with E-state index in [1.807, 2.05) is 17.0 Å². The Hall–Kier alpha value is -1.53. The van der Waals surface area contributed by atoms with Crippen molar-refractivity contribution in [1.82, 2.24) is 15.1 Å². The third kappa shape index (κ3) is 4.30. The average molecular weight is 366 g/mol. The quantitative estimate of drug-likeness (QED) is 0.767. The highest BCUT2D eigenvalue weighted by molar-refractivity contribution is 7.99. The summed E-state index contributed by atoms with van der Waals surface area (Å²) in [7, 11) is 0. The zero-order valence-electron chi connectivity index (χ0n) is 13.7. The fraction of sp³-hybridized carbons (Fsp3) is 0.471. The molecule has 2 heterocycles. The van der Waals surface area contributed by atoms with Gasteiger partial charge in [-0.15, -0.1) is 10.2 Å². The summed E-state index contributed by atoms with van der Waals surface area (Å²) >= 11 is 7.25. The topological polar surface area (TPSA) is 59.2 Å². The maximum atomic E-state index is 12.4. The number of hydrogen-bond donors (Lipinski definition) is 0. The van der Waals surface area contributed by atoms with Crippen molar-refractivity contribution in [3.05, 3.63) is 29.3 Å². The van der Waals surface area contributed by atoms with E-state index in [9.17, 15) is 4.79 Å². The molecule has 1 fully saturated rings. The molecule has 1 aromatic heterocycles. The zero-order chi connectivity index (χ0) is 17.1. The van der Waals surface area contributed by atoms with E-state index in [0.717, 1.165) is 18.7 Å². The van der Waals surface area contributed by atoms with E-state index < -0.39 is 0 Å². The van der Waals surface area contributed by atoms with Crippen molar-refractivity contribution < 1.29 is 9.21 Å². The number of rotatable bonds is 4. The van der Waals surface area contributed by atoms with Gasteiger partial charge in [0.15, 0.2) is 0 Å². The van der Waals surface area contributed by atoms with Crippen molar-refractivity contribution in [3.8, 4) is 11.5 Å². The van der Waals surface area contributed by atoms with Crippen LogP contribution in [0.4, 0.5) is 0 Å². The molecular formula is C17H20ClN3O2S.